The van der Waals surface area contributed by atoms with Gasteiger partial charge >= 0.3 is 0 Å². The summed E-state index contributed by atoms with van der Waals surface area (Å²) in [7, 11) is -2.19. The number of methoxy groups -OCH3 is 1. The van der Waals surface area contributed by atoms with Crippen LogP contribution in [0.25, 0.3) is 0 Å². The van der Waals surface area contributed by atoms with Crippen molar-refractivity contribution in [2.45, 2.75) is 24.3 Å². The monoisotopic (exact) mass is 319 g/mol. The molecule has 0 bridgehead atoms. The molecule has 1 saturated heterocycles. The van der Waals surface area contributed by atoms with Crippen LogP contribution in [0.1, 0.15) is 13.8 Å². The van der Waals surface area contributed by atoms with Crippen LogP contribution in [0.3, 0.4) is 0 Å². The van der Waals surface area contributed by atoms with E-state index in [1.807, 2.05) is 6.92 Å². The topological polar surface area (TPSA) is 66.8 Å². The number of hydrogen-bond acceptors (Lipinski definition) is 4. The normalized spacial score (nSPS) is 27.8. The zero-order chi connectivity index (χ0) is 15.1. The molecule has 0 saturated carbocycles. The quantitative estimate of drug-likeness (QED) is 0.921. The van der Waals surface area contributed by atoms with Crippen LogP contribution in [0, 0.1) is 5.92 Å². The largest absolute Gasteiger partial charge is 0.495 e. The van der Waals surface area contributed by atoms with Crippen molar-refractivity contribution in [3.8, 4) is 5.75 Å². The number of nitrogens with zero attached hydrogens (tertiary/aromatic N) is 1. The minimum absolute atomic E-state index is 0.0835. The minimum atomic E-state index is -3.66. The maximum absolute atomic E-state index is 12.5. The molecule has 0 spiro atoms. The summed E-state index contributed by atoms with van der Waals surface area (Å²) in [5.74, 6) is 0.304. The number of ether oxygens (including phenoxy) is 1. The van der Waals surface area contributed by atoms with Gasteiger partial charge in [0.15, 0.2) is 0 Å². The molecular weight excluding hydrogens is 302 g/mol. The molecule has 0 aromatic heterocycles. The smallest absolute Gasteiger partial charge is 0.243 e. The second-order valence-electron chi connectivity index (χ2n) is 5.35. The summed E-state index contributed by atoms with van der Waals surface area (Å²) in [6.45, 7) is 3.85. The first-order valence-corrected chi connectivity index (χ1v) is 8.06. The van der Waals surface area contributed by atoms with Gasteiger partial charge in [-0.05, 0) is 31.0 Å². The SMILES string of the molecule is COc1ccc(S(=O)(=O)N2C[C@@H](C)[C@@](C)(O)C2)cc1Cl. The Balaban J connectivity index is 2.35. The fourth-order valence-electron chi connectivity index (χ4n) is 2.22. The van der Waals surface area contributed by atoms with E-state index in [0.29, 0.717) is 12.3 Å². The van der Waals surface area contributed by atoms with Crippen molar-refractivity contribution in [2.24, 2.45) is 5.92 Å². The number of rotatable bonds is 3. The van der Waals surface area contributed by atoms with Crippen LogP contribution in [-0.4, -0.2) is 43.6 Å². The van der Waals surface area contributed by atoms with Gasteiger partial charge < -0.3 is 9.84 Å². The van der Waals surface area contributed by atoms with Crippen LogP contribution in [0.4, 0.5) is 0 Å². The Labute approximate surface area is 124 Å². The first-order valence-electron chi connectivity index (χ1n) is 6.24. The molecule has 2 rings (SSSR count). The Morgan fingerprint density at radius 1 is 1.50 bits per heavy atom. The van der Waals surface area contributed by atoms with Crippen molar-refractivity contribution >= 4 is 21.6 Å². The van der Waals surface area contributed by atoms with Crippen molar-refractivity contribution in [3.05, 3.63) is 23.2 Å². The lowest BCUT2D eigenvalue weighted by Gasteiger charge is -2.20. The lowest BCUT2D eigenvalue weighted by Crippen LogP contribution is -2.35. The van der Waals surface area contributed by atoms with Crippen molar-refractivity contribution < 1.29 is 18.3 Å². The molecule has 0 amide bonds. The molecule has 1 fully saturated rings. The number of benzene rings is 1. The molecule has 1 heterocycles. The van der Waals surface area contributed by atoms with Gasteiger partial charge in [-0.2, -0.15) is 4.31 Å². The summed E-state index contributed by atoms with van der Waals surface area (Å²) in [5, 5.41) is 10.4. The van der Waals surface area contributed by atoms with Gasteiger partial charge in [0.2, 0.25) is 10.0 Å². The van der Waals surface area contributed by atoms with Crippen molar-refractivity contribution in [1.82, 2.24) is 4.31 Å². The Morgan fingerprint density at radius 2 is 2.15 bits per heavy atom. The number of sulfonamides is 1. The van der Waals surface area contributed by atoms with E-state index in [0.717, 1.165) is 0 Å². The van der Waals surface area contributed by atoms with Crippen LogP contribution >= 0.6 is 11.6 Å². The van der Waals surface area contributed by atoms with E-state index >= 15 is 0 Å². The van der Waals surface area contributed by atoms with Gasteiger partial charge in [0, 0.05) is 13.1 Å². The molecule has 1 aromatic carbocycles. The molecule has 0 aliphatic carbocycles. The van der Waals surface area contributed by atoms with Gasteiger partial charge in [0.1, 0.15) is 5.75 Å². The Kier molecular flexibility index (Phi) is 4.03. The second-order valence-corrected chi connectivity index (χ2v) is 7.70. The molecule has 1 aromatic rings. The highest BCUT2D eigenvalue weighted by atomic mass is 35.5. The third kappa shape index (κ3) is 2.65. The Morgan fingerprint density at radius 3 is 2.60 bits per heavy atom. The fourth-order valence-corrected chi connectivity index (χ4v) is 4.20. The van der Waals surface area contributed by atoms with Crippen molar-refractivity contribution in [3.63, 3.8) is 0 Å². The highest BCUT2D eigenvalue weighted by Crippen LogP contribution is 2.33. The number of aliphatic hydroxyl groups is 1. The Hall–Kier alpha value is -0.820. The zero-order valence-corrected chi connectivity index (χ0v) is 13.2. The van der Waals surface area contributed by atoms with E-state index in [4.69, 9.17) is 16.3 Å². The van der Waals surface area contributed by atoms with Crippen LogP contribution in [0.5, 0.6) is 5.75 Å². The van der Waals surface area contributed by atoms with Crippen molar-refractivity contribution in [2.75, 3.05) is 20.2 Å². The predicted molar refractivity (Wildman–Crippen MR) is 76.6 cm³/mol. The van der Waals surface area contributed by atoms with E-state index in [1.165, 1.54) is 29.6 Å². The third-order valence-electron chi connectivity index (χ3n) is 3.80. The molecule has 7 heteroatoms. The second kappa shape index (κ2) is 5.18. The summed E-state index contributed by atoms with van der Waals surface area (Å²) in [6, 6.07) is 4.35. The summed E-state index contributed by atoms with van der Waals surface area (Å²) in [4.78, 5) is 0.105. The van der Waals surface area contributed by atoms with E-state index in [1.54, 1.807) is 6.92 Å². The zero-order valence-electron chi connectivity index (χ0n) is 11.6. The van der Waals surface area contributed by atoms with E-state index < -0.39 is 15.6 Å². The van der Waals surface area contributed by atoms with Gasteiger partial charge in [0.25, 0.3) is 0 Å². The number of β-amino-alcohol motifs (C(OH)–C–C–N with tert-alkyl or cyclic N) is 1. The van der Waals surface area contributed by atoms with E-state index in [9.17, 15) is 13.5 Å². The predicted octanol–water partition coefficient (Wildman–Crippen LogP) is 1.74. The summed E-state index contributed by atoms with van der Waals surface area (Å²) in [6.07, 6.45) is 0. The average Bonchev–Trinajstić information content (AvgIpc) is 2.64. The van der Waals surface area contributed by atoms with E-state index in [-0.39, 0.29) is 22.4 Å². The number of hydrogen-bond donors (Lipinski definition) is 1. The summed E-state index contributed by atoms with van der Waals surface area (Å²) in [5.41, 5.74) is -1.01. The molecule has 1 N–H and O–H groups in total. The van der Waals surface area contributed by atoms with Gasteiger partial charge in [-0.1, -0.05) is 18.5 Å². The summed E-state index contributed by atoms with van der Waals surface area (Å²) >= 11 is 5.97. The van der Waals surface area contributed by atoms with Gasteiger partial charge in [-0.15, -0.1) is 0 Å². The lowest BCUT2D eigenvalue weighted by atomic mass is 9.95. The first-order chi connectivity index (χ1) is 9.18. The van der Waals surface area contributed by atoms with E-state index in [2.05, 4.69) is 0 Å². The van der Waals surface area contributed by atoms with Gasteiger partial charge in [-0.3, -0.25) is 0 Å². The van der Waals surface area contributed by atoms with Gasteiger partial charge in [0.05, 0.1) is 22.6 Å². The summed E-state index contributed by atoms with van der Waals surface area (Å²) < 4.78 is 31.4. The molecule has 20 heavy (non-hydrogen) atoms. The Bertz CT molecular complexity index is 615. The molecule has 112 valence electrons. The minimum Gasteiger partial charge on any atom is -0.495 e. The van der Waals surface area contributed by atoms with Crippen molar-refractivity contribution in [1.29, 1.82) is 0 Å². The van der Waals surface area contributed by atoms with Crippen LogP contribution in [0.2, 0.25) is 5.02 Å². The standard InChI is InChI=1S/C13H18ClNO4S/c1-9-7-15(8-13(9,2)16)20(17,18)10-4-5-12(19-3)11(14)6-10/h4-6,9,16H,7-8H2,1-3H3/t9-,13+/m1/s1. The highest BCUT2D eigenvalue weighted by molar-refractivity contribution is 7.89. The maximum atomic E-state index is 12.5. The maximum Gasteiger partial charge on any atom is 0.243 e. The molecule has 1 aliphatic rings. The fraction of sp³-hybridized carbons (Fsp3) is 0.538. The number of halogens is 1. The average molecular weight is 320 g/mol. The molecular formula is C13H18ClNO4S. The highest BCUT2D eigenvalue weighted by Gasteiger charge is 2.43. The van der Waals surface area contributed by atoms with Gasteiger partial charge in [-0.25, -0.2) is 8.42 Å². The molecule has 1 aliphatic heterocycles. The molecule has 2 atom stereocenters. The van der Waals surface area contributed by atoms with Crippen LogP contribution in [-0.2, 0) is 10.0 Å². The third-order valence-corrected chi connectivity index (χ3v) is 5.90. The van der Waals surface area contributed by atoms with Crippen LogP contribution < -0.4 is 4.74 Å². The molecule has 5 nitrogen and oxygen atoms in total. The molecule has 0 radical (unpaired) electrons. The molecule has 0 unspecified atom stereocenters. The lowest BCUT2D eigenvalue weighted by molar-refractivity contribution is 0.0404. The van der Waals surface area contributed by atoms with Crippen LogP contribution in [0.15, 0.2) is 23.1 Å². The first kappa shape index (κ1) is 15.6.